The van der Waals surface area contributed by atoms with E-state index in [2.05, 4.69) is 21.2 Å². The van der Waals surface area contributed by atoms with Gasteiger partial charge >= 0.3 is 12.4 Å². The smallest absolute Gasteiger partial charge is 0.349 e. The Morgan fingerprint density at radius 1 is 1.03 bits per heavy atom. The SMILES string of the molecule is C[C@H](CC(=O)CC(F)(F)F)NC(=O)c1ccc(/C=C/C(c2cc(Cl)c(Cl)c(Cl)c2)C(F)(F)F)cc1Br. The first-order chi connectivity index (χ1) is 16.5. The molecule has 1 N–H and O–H groups in total. The van der Waals surface area contributed by atoms with E-state index in [1.807, 2.05) is 0 Å². The predicted molar refractivity (Wildman–Crippen MR) is 131 cm³/mol. The van der Waals surface area contributed by atoms with Gasteiger partial charge in [-0.15, -0.1) is 0 Å². The number of halogens is 10. The Labute approximate surface area is 225 Å². The highest BCUT2D eigenvalue weighted by atomic mass is 79.9. The number of hydrogen-bond donors (Lipinski definition) is 1. The third-order valence-electron chi connectivity index (χ3n) is 4.75. The summed E-state index contributed by atoms with van der Waals surface area (Å²) in [6, 6.07) is 5.36. The molecular formula is C23H17BrCl3F6NO2. The van der Waals surface area contributed by atoms with Gasteiger partial charge in [0.05, 0.1) is 26.5 Å². The van der Waals surface area contributed by atoms with Crippen LogP contribution in [0.25, 0.3) is 6.08 Å². The monoisotopic (exact) mass is 637 g/mol. The summed E-state index contributed by atoms with van der Waals surface area (Å²) in [4.78, 5) is 23.9. The van der Waals surface area contributed by atoms with Crippen LogP contribution in [0.2, 0.25) is 15.1 Å². The van der Waals surface area contributed by atoms with Crippen molar-refractivity contribution in [2.24, 2.45) is 0 Å². The van der Waals surface area contributed by atoms with Crippen LogP contribution < -0.4 is 5.32 Å². The fourth-order valence-electron chi connectivity index (χ4n) is 3.18. The fraction of sp³-hybridized carbons (Fsp3) is 0.304. The fourth-order valence-corrected chi connectivity index (χ4v) is 4.37. The summed E-state index contributed by atoms with van der Waals surface area (Å²) in [5.41, 5.74) is 0.167. The lowest BCUT2D eigenvalue weighted by Crippen LogP contribution is -2.35. The highest BCUT2D eigenvalue weighted by Crippen LogP contribution is 2.41. The topological polar surface area (TPSA) is 46.2 Å². The molecule has 0 spiro atoms. The summed E-state index contributed by atoms with van der Waals surface area (Å²) >= 11 is 20.7. The van der Waals surface area contributed by atoms with Crippen LogP contribution in [0.5, 0.6) is 0 Å². The molecule has 2 aromatic carbocycles. The zero-order chi connectivity index (χ0) is 27.4. The van der Waals surface area contributed by atoms with E-state index in [9.17, 15) is 35.9 Å². The van der Waals surface area contributed by atoms with Gasteiger partial charge in [-0.2, -0.15) is 26.3 Å². The molecule has 0 bridgehead atoms. The van der Waals surface area contributed by atoms with Crippen LogP contribution in [0.3, 0.4) is 0 Å². The number of rotatable bonds is 8. The van der Waals surface area contributed by atoms with Crippen LogP contribution in [-0.2, 0) is 4.79 Å². The van der Waals surface area contributed by atoms with Gasteiger partial charge in [0, 0.05) is 16.9 Å². The van der Waals surface area contributed by atoms with Crippen molar-refractivity contribution >= 4 is 68.5 Å². The minimum absolute atomic E-state index is 0.0659. The molecule has 0 saturated heterocycles. The number of carbonyl (C=O) groups excluding carboxylic acids is 2. The van der Waals surface area contributed by atoms with Crippen LogP contribution in [0.15, 0.2) is 40.9 Å². The Balaban J connectivity index is 2.18. The van der Waals surface area contributed by atoms with Gasteiger partial charge in [-0.05, 0) is 58.2 Å². The Kier molecular flexibility index (Phi) is 10.3. The summed E-state index contributed by atoms with van der Waals surface area (Å²) in [6.45, 7) is 1.38. The zero-order valence-electron chi connectivity index (χ0n) is 18.2. The Bertz CT molecular complexity index is 1140. The Hall–Kier alpha value is -1.75. The van der Waals surface area contributed by atoms with Crippen LogP contribution in [0.4, 0.5) is 26.3 Å². The second-order valence-electron chi connectivity index (χ2n) is 7.83. The van der Waals surface area contributed by atoms with Crippen molar-refractivity contribution in [3.05, 3.63) is 72.6 Å². The molecule has 2 rings (SSSR count). The van der Waals surface area contributed by atoms with Gasteiger partial charge in [-0.25, -0.2) is 0 Å². The van der Waals surface area contributed by atoms with Crippen LogP contribution >= 0.6 is 50.7 Å². The minimum Gasteiger partial charge on any atom is -0.349 e. The number of allylic oxidation sites excluding steroid dienone is 1. The molecule has 0 aromatic heterocycles. The molecule has 0 fully saturated rings. The lowest BCUT2D eigenvalue weighted by atomic mass is 9.97. The first-order valence-corrected chi connectivity index (χ1v) is 12.0. The Morgan fingerprint density at radius 2 is 1.61 bits per heavy atom. The highest BCUT2D eigenvalue weighted by Gasteiger charge is 2.39. The number of benzene rings is 2. The number of Topliss-reactive ketones (excluding diaryl/α,β-unsaturated/α-hetero) is 1. The number of nitrogens with one attached hydrogen (secondary N) is 1. The highest BCUT2D eigenvalue weighted by molar-refractivity contribution is 9.10. The molecule has 0 saturated carbocycles. The number of carbonyl (C=O) groups is 2. The molecule has 196 valence electrons. The van der Waals surface area contributed by atoms with Gasteiger partial charge in [0.1, 0.15) is 12.2 Å². The van der Waals surface area contributed by atoms with Crippen molar-refractivity contribution in [3.8, 4) is 0 Å². The van der Waals surface area contributed by atoms with Gasteiger partial charge in [0.2, 0.25) is 0 Å². The third kappa shape index (κ3) is 8.97. The van der Waals surface area contributed by atoms with E-state index in [0.29, 0.717) is 5.56 Å². The summed E-state index contributed by atoms with van der Waals surface area (Å²) in [5, 5.41) is 2.09. The Morgan fingerprint density at radius 3 is 2.11 bits per heavy atom. The van der Waals surface area contributed by atoms with E-state index < -0.39 is 48.8 Å². The molecule has 13 heteroatoms. The number of ketones is 1. The molecule has 0 heterocycles. The van der Waals surface area contributed by atoms with E-state index in [0.717, 1.165) is 18.2 Å². The predicted octanol–water partition coefficient (Wildman–Crippen LogP) is 8.80. The maximum Gasteiger partial charge on any atom is 0.399 e. The number of alkyl halides is 6. The lowest BCUT2D eigenvalue weighted by Gasteiger charge is -2.18. The lowest BCUT2D eigenvalue weighted by molar-refractivity contribution is -0.152. The van der Waals surface area contributed by atoms with E-state index in [-0.39, 0.29) is 30.7 Å². The van der Waals surface area contributed by atoms with Gasteiger partial charge in [-0.1, -0.05) is 53.0 Å². The van der Waals surface area contributed by atoms with Crippen LogP contribution in [0.1, 0.15) is 47.2 Å². The van der Waals surface area contributed by atoms with Gasteiger partial charge in [0.25, 0.3) is 5.91 Å². The van der Waals surface area contributed by atoms with Crippen LogP contribution in [0, 0.1) is 0 Å². The van der Waals surface area contributed by atoms with Gasteiger partial charge < -0.3 is 5.32 Å². The van der Waals surface area contributed by atoms with Gasteiger partial charge in [0.15, 0.2) is 0 Å². The van der Waals surface area contributed by atoms with Gasteiger partial charge in [-0.3, -0.25) is 9.59 Å². The molecule has 2 aromatic rings. The molecular weight excluding hydrogens is 623 g/mol. The number of amides is 1. The van der Waals surface area contributed by atoms with Crippen molar-refractivity contribution in [1.29, 1.82) is 0 Å². The molecule has 0 aliphatic heterocycles. The average molecular weight is 640 g/mol. The molecule has 2 atom stereocenters. The number of hydrogen-bond acceptors (Lipinski definition) is 2. The minimum atomic E-state index is -4.67. The molecule has 0 radical (unpaired) electrons. The first kappa shape index (κ1) is 30.5. The van der Waals surface area contributed by atoms with Crippen molar-refractivity contribution in [2.45, 2.75) is 44.1 Å². The summed E-state index contributed by atoms with van der Waals surface area (Å²) in [5.74, 6) is -3.80. The van der Waals surface area contributed by atoms with Crippen molar-refractivity contribution < 1.29 is 35.9 Å². The average Bonchev–Trinajstić information content (AvgIpc) is 2.69. The molecule has 0 aliphatic rings. The second kappa shape index (κ2) is 12.2. The first-order valence-electron chi connectivity index (χ1n) is 10.1. The normalized spacial score (nSPS) is 14.1. The van der Waals surface area contributed by atoms with E-state index in [1.165, 1.54) is 31.2 Å². The summed E-state index contributed by atoms with van der Waals surface area (Å²) in [7, 11) is 0. The van der Waals surface area contributed by atoms with Crippen molar-refractivity contribution in [2.75, 3.05) is 0 Å². The maximum atomic E-state index is 13.7. The quantitative estimate of drug-likeness (QED) is 0.232. The largest absolute Gasteiger partial charge is 0.399 e. The van der Waals surface area contributed by atoms with Crippen molar-refractivity contribution in [1.82, 2.24) is 5.32 Å². The maximum absolute atomic E-state index is 13.7. The van der Waals surface area contributed by atoms with Crippen LogP contribution in [-0.4, -0.2) is 30.1 Å². The van der Waals surface area contributed by atoms with E-state index in [4.69, 9.17) is 34.8 Å². The summed E-state index contributed by atoms with van der Waals surface area (Å²) in [6.07, 6.45) is -9.32. The second-order valence-corrected chi connectivity index (χ2v) is 9.87. The molecule has 1 amide bonds. The third-order valence-corrected chi connectivity index (χ3v) is 6.60. The molecule has 0 aliphatic carbocycles. The van der Waals surface area contributed by atoms with E-state index in [1.54, 1.807) is 0 Å². The summed E-state index contributed by atoms with van der Waals surface area (Å²) < 4.78 is 78.2. The molecule has 36 heavy (non-hydrogen) atoms. The molecule has 1 unspecified atom stereocenters. The molecule has 3 nitrogen and oxygen atoms in total. The van der Waals surface area contributed by atoms with Crippen molar-refractivity contribution in [3.63, 3.8) is 0 Å². The standard InChI is InChI=1S/C23H17BrCl3F6NO2/c1-11(6-14(35)10-22(28,29)30)34-21(36)15-4-2-12(7-17(15)24)3-5-16(23(31,32)33)13-8-18(25)20(27)19(26)9-13/h2-5,7-9,11,16H,6,10H2,1H3,(H,34,36)/b5-3+/t11-,16?/m1/s1. The zero-order valence-corrected chi connectivity index (χ0v) is 22.1. The van der Waals surface area contributed by atoms with E-state index >= 15 is 0 Å².